The minimum Gasteiger partial charge on any atom is -0.494 e. The van der Waals surface area contributed by atoms with Gasteiger partial charge < -0.3 is 15.4 Å². The maximum Gasteiger partial charge on any atom is 0.274 e. The topological polar surface area (TPSA) is 76.1 Å². The van der Waals surface area contributed by atoms with Crippen LogP contribution in [0.2, 0.25) is 5.02 Å². The van der Waals surface area contributed by atoms with E-state index in [4.69, 9.17) is 16.3 Å². The van der Waals surface area contributed by atoms with Crippen LogP contribution in [0.25, 0.3) is 0 Å². The third-order valence-corrected chi connectivity index (χ3v) is 5.27. The largest absolute Gasteiger partial charge is 0.494 e. The number of methoxy groups -OCH3 is 1. The Labute approximate surface area is 182 Å². The third-order valence-electron chi connectivity index (χ3n) is 5.02. The zero-order valence-electron chi connectivity index (χ0n) is 16.6. The molecule has 0 saturated heterocycles. The van der Waals surface area contributed by atoms with E-state index in [1.54, 1.807) is 12.1 Å². The fourth-order valence-electron chi connectivity index (χ4n) is 3.32. The zero-order valence-corrected chi connectivity index (χ0v) is 17.3. The Kier molecular flexibility index (Phi) is 5.73. The van der Waals surface area contributed by atoms with E-state index in [1.165, 1.54) is 7.11 Å². The van der Waals surface area contributed by atoms with Gasteiger partial charge >= 0.3 is 0 Å². The van der Waals surface area contributed by atoms with Gasteiger partial charge in [0.1, 0.15) is 11.6 Å². The molecule has 2 heterocycles. The van der Waals surface area contributed by atoms with Crippen molar-refractivity contribution in [2.75, 3.05) is 12.4 Å². The first-order valence-electron chi connectivity index (χ1n) is 9.58. The van der Waals surface area contributed by atoms with E-state index in [-0.39, 0.29) is 34.4 Å². The lowest BCUT2D eigenvalue weighted by molar-refractivity contribution is 0.0923. The average Bonchev–Trinajstić information content (AvgIpc) is 3.47. The van der Waals surface area contributed by atoms with E-state index in [9.17, 15) is 13.6 Å². The summed E-state index contributed by atoms with van der Waals surface area (Å²) in [5.41, 5.74) is 0.915. The number of aromatic nitrogens is 2. The highest BCUT2D eigenvalue weighted by atomic mass is 35.5. The number of halogens is 3. The molecule has 0 bridgehead atoms. The van der Waals surface area contributed by atoms with E-state index in [1.807, 2.05) is 24.3 Å². The van der Waals surface area contributed by atoms with Crippen molar-refractivity contribution in [1.29, 1.82) is 0 Å². The van der Waals surface area contributed by atoms with Gasteiger partial charge in [0.15, 0.2) is 5.69 Å². The average molecular weight is 445 g/mol. The van der Waals surface area contributed by atoms with Crippen molar-refractivity contribution in [2.24, 2.45) is 0 Å². The molecule has 2 N–H and O–H groups in total. The van der Waals surface area contributed by atoms with Crippen LogP contribution < -0.4 is 15.4 Å². The van der Waals surface area contributed by atoms with Crippen LogP contribution >= 0.6 is 11.6 Å². The molecule has 0 unspecified atom stereocenters. The fourth-order valence-corrected chi connectivity index (χ4v) is 3.44. The molecule has 3 aromatic rings. The molecule has 9 heteroatoms. The van der Waals surface area contributed by atoms with Gasteiger partial charge in [-0.1, -0.05) is 23.7 Å². The van der Waals surface area contributed by atoms with Gasteiger partial charge in [-0.05, 0) is 49.1 Å². The zero-order chi connectivity index (χ0) is 22.0. The van der Waals surface area contributed by atoms with E-state index >= 15 is 0 Å². The van der Waals surface area contributed by atoms with Gasteiger partial charge in [0, 0.05) is 28.4 Å². The summed E-state index contributed by atoms with van der Waals surface area (Å²) in [4.78, 5) is 20.4. The fraction of sp³-hybridized carbons (Fsp3) is 0.227. The van der Waals surface area contributed by atoms with Gasteiger partial charge in [-0.2, -0.15) is 13.8 Å². The highest BCUT2D eigenvalue weighted by Crippen LogP contribution is 2.39. The number of nitrogens with zero attached hydrogens (tertiary/aromatic N) is 2. The van der Waals surface area contributed by atoms with Crippen LogP contribution in [0.4, 0.5) is 20.3 Å². The molecule has 0 radical (unpaired) electrons. The van der Waals surface area contributed by atoms with Gasteiger partial charge in [0.25, 0.3) is 5.91 Å². The van der Waals surface area contributed by atoms with Gasteiger partial charge in [0.2, 0.25) is 11.9 Å². The molecule has 6 nitrogen and oxygen atoms in total. The summed E-state index contributed by atoms with van der Waals surface area (Å²) in [5.74, 6) is -1.80. The normalized spacial score (nSPS) is 14.1. The molecule has 0 spiro atoms. The number of amides is 1. The monoisotopic (exact) mass is 444 g/mol. The summed E-state index contributed by atoms with van der Waals surface area (Å²) in [6.07, 6.45) is 2.36. The summed E-state index contributed by atoms with van der Waals surface area (Å²) < 4.78 is 32.0. The number of ether oxygens (including phenoxy) is 1. The molecular weight excluding hydrogens is 426 g/mol. The molecule has 4 rings (SSSR count). The minimum atomic E-state index is -0.966. The van der Waals surface area contributed by atoms with Crippen LogP contribution in [-0.2, 0) is 6.42 Å². The molecule has 0 aliphatic heterocycles. The highest BCUT2D eigenvalue weighted by Gasteiger charge is 2.44. The van der Waals surface area contributed by atoms with E-state index in [0.29, 0.717) is 11.4 Å². The van der Waals surface area contributed by atoms with Crippen molar-refractivity contribution >= 4 is 29.0 Å². The predicted octanol–water partition coefficient (Wildman–Crippen LogP) is 4.67. The van der Waals surface area contributed by atoms with Gasteiger partial charge in [-0.25, -0.2) is 4.98 Å². The molecule has 31 heavy (non-hydrogen) atoms. The van der Waals surface area contributed by atoms with E-state index in [2.05, 4.69) is 20.6 Å². The van der Waals surface area contributed by atoms with Crippen molar-refractivity contribution in [1.82, 2.24) is 15.3 Å². The number of pyridine rings is 2. The Hall–Kier alpha value is -3.26. The second kappa shape index (κ2) is 8.47. The van der Waals surface area contributed by atoms with Gasteiger partial charge in [0.05, 0.1) is 7.11 Å². The third kappa shape index (κ3) is 5.08. The van der Waals surface area contributed by atoms with Gasteiger partial charge in [-0.15, -0.1) is 0 Å². The van der Waals surface area contributed by atoms with Crippen LogP contribution in [0.1, 0.15) is 28.9 Å². The van der Waals surface area contributed by atoms with Crippen LogP contribution in [0, 0.1) is 11.9 Å². The number of carbonyl (C=O) groups excluding carboxylic acids is 1. The number of hydrogen-bond donors (Lipinski definition) is 2. The number of nitrogens with one attached hydrogen (secondary N) is 2. The summed E-state index contributed by atoms with van der Waals surface area (Å²) in [6, 6.07) is 12.7. The first kappa shape index (κ1) is 21.0. The lowest BCUT2D eigenvalue weighted by Crippen LogP contribution is -2.39. The predicted molar refractivity (Wildman–Crippen MR) is 113 cm³/mol. The van der Waals surface area contributed by atoms with Gasteiger partial charge in [-0.3, -0.25) is 4.79 Å². The number of anilines is 2. The van der Waals surface area contributed by atoms with Crippen molar-refractivity contribution in [3.8, 4) is 5.75 Å². The van der Waals surface area contributed by atoms with Crippen LogP contribution in [-0.4, -0.2) is 28.5 Å². The molecule has 1 aliphatic carbocycles. The van der Waals surface area contributed by atoms with Crippen molar-refractivity contribution in [3.63, 3.8) is 0 Å². The van der Waals surface area contributed by atoms with E-state index in [0.717, 1.165) is 30.5 Å². The molecule has 0 atom stereocenters. The molecule has 2 aromatic heterocycles. The summed E-state index contributed by atoms with van der Waals surface area (Å²) in [7, 11) is 1.44. The number of hydrogen-bond acceptors (Lipinski definition) is 5. The Morgan fingerprint density at radius 3 is 2.39 bits per heavy atom. The Morgan fingerprint density at radius 2 is 1.77 bits per heavy atom. The quantitative estimate of drug-likeness (QED) is 0.518. The molecule has 1 aromatic carbocycles. The standard InChI is InChI=1S/C22H19ClF2N4O2/c1-31-16-6-7-19(26-15-10-17(24)27-18(25)11-15)28-20(16)21(30)29-22(8-9-22)12-13-2-4-14(23)5-3-13/h2-7,10-11H,8-9,12H2,1H3,(H,29,30)(H,26,27,28). The molecule has 1 amide bonds. The van der Waals surface area contributed by atoms with Crippen LogP contribution in [0.5, 0.6) is 5.75 Å². The lowest BCUT2D eigenvalue weighted by atomic mass is 10.0. The molecule has 1 fully saturated rings. The minimum absolute atomic E-state index is 0.0740. The Bertz CT molecular complexity index is 1100. The maximum atomic E-state index is 13.3. The molecule has 160 valence electrons. The molecular formula is C22H19ClF2N4O2. The Morgan fingerprint density at radius 1 is 1.10 bits per heavy atom. The number of rotatable bonds is 7. The summed E-state index contributed by atoms with van der Waals surface area (Å²) in [6.45, 7) is 0. The summed E-state index contributed by atoms with van der Waals surface area (Å²) >= 11 is 5.94. The van der Waals surface area contributed by atoms with Crippen molar-refractivity contribution in [2.45, 2.75) is 24.8 Å². The maximum absolute atomic E-state index is 13.3. The van der Waals surface area contributed by atoms with Crippen LogP contribution in [0.15, 0.2) is 48.5 Å². The molecule has 1 saturated carbocycles. The number of carbonyl (C=O) groups is 1. The van der Waals surface area contributed by atoms with Crippen molar-refractivity contribution < 1.29 is 18.3 Å². The summed E-state index contributed by atoms with van der Waals surface area (Å²) in [5, 5.41) is 6.49. The first-order chi connectivity index (χ1) is 14.9. The number of benzene rings is 1. The SMILES string of the molecule is COc1ccc(Nc2cc(F)nc(F)c2)nc1C(=O)NC1(Cc2ccc(Cl)cc2)CC1. The Balaban J connectivity index is 1.52. The lowest BCUT2D eigenvalue weighted by Gasteiger charge is -2.19. The van der Waals surface area contributed by atoms with E-state index < -0.39 is 11.9 Å². The second-order valence-corrected chi connectivity index (χ2v) is 7.85. The smallest absolute Gasteiger partial charge is 0.274 e. The first-order valence-corrected chi connectivity index (χ1v) is 9.96. The second-order valence-electron chi connectivity index (χ2n) is 7.41. The molecule has 1 aliphatic rings. The van der Waals surface area contributed by atoms with Crippen LogP contribution in [0.3, 0.4) is 0 Å². The highest BCUT2D eigenvalue weighted by molar-refractivity contribution is 6.30. The van der Waals surface area contributed by atoms with Crippen molar-refractivity contribution in [3.05, 3.63) is 76.7 Å².